The highest BCUT2D eigenvalue weighted by Gasteiger charge is 2.13. The van der Waals surface area contributed by atoms with E-state index in [1.54, 1.807) is 0 Å². The molecule has 0 atom stereocenters. The van der Waals surface area contributed by atoms with Gasteiger partial charge in [-0.05, 0) is 29.7 Å². The first kappa shape index (κ1) is 10.7. The van der Waals surface area contributed by atoms with Crippen LogP contribution in [0.5, 0.6) is 0 Å². The summed E-state index contributed by atoms with van der Waals surface area (Å²) in [6.07, 6.45) is 0. The van der Waals surface area contributed by atoms with Gasteiger partial charge in [-0.15, -0.1) is 0 Å². The molecule has 15 heavy (non-hydrogen) atoms. The number of nitrogens with two attached hydrogens (primary N) is 1. The van der Waals surface area contributed by atoms with Crippen molar-refractivity contribution >= 4 is 26.8 Å². The zero-order valence-electron chi connectivity index (χ0n) is 8.97. The predicted octanol–water partition coefficient (Wildman–Crippen LogP) is 3.51. The Morgan fingerprint density at radius 1 is 1.40 bits per heavy atom. The molecule has 3 N–H and O–H groups in total. The number of hydrogen-bond acceptors (Lipinski definition) is 1. The van der Waals surface area contributed by atoms with Crippen LogP contribution in [-0.2, 0) is 6.54 Å². The Balaban J connectivity index is 2.76. The lowest BCUT2D eigenvalue weighted by molar-refractivity contribution is 0.841. The maximum absolute atomic E-state index is 5.75. The van der Waals surface area contributed by atoms with E-state index in [0.717, 1.165) is 10.2 Å². The monoisotopic (exact) mass is 266 g/mol. The molecule has 1 aromatic carbocycles. The number of nitrogens with one attached hydrogen (secondary N) is 1. The maximum Gasteiger partial charge on any atom is 0.0460 e. The van der Waals surface area contributed by atoms with E-state index in [9.17, 15) is 0 Å². The first-order chi connectivity index (χ1) is 7.13. The number of fused-ring (bicyclic) bond motifs is 1. The second-order valence-corrected chi connectivity index (χ2v) is 4.98. The van der Waals surface area contributed by atoms with E-state index >= 15 is 0 Å². The van der Waals surface area contributed by atoms with Crippen molar-refractivity contribution in [2.75, 3.05) is 0 Å². The van der Waals surface area contributed by atoms with Gasteiger partial charge in [-0.1, -0.05) is 29.8 Å². The van der Waals surface area contributed by atoms with Gasteiger partial charge < -0.3 is 10.7 Å². The fraction of sp³-hybridized carbons (Fsp3) is 0.333. The Bertz CT molecular complexity index is 486. The SMILES string of the molecule is CC(C)c1c(CN)[nH]c2ccc(Br)cc12. The van der Waals surface area contributed by atoms with Gasteiger partial charge in [-0.3, -0.25) is 0 Å². The summed E-state index contributed by atoms with van der Waals surface area (Å²) in [5, 5.41) is 1.28. The van der Waals surface area contributed by atoms with Gasteiger partial charge in [0.05, 0.1) is 0 Å². The van der Waals surface area contributed by atoms with E-state index in [0.29, 0.717) is 12.5 Å². The molecule has 2 aromatic rings. The Morgan fingerprint density at radius 3 is 2.73 bits per heavy atom. The summed E-state index contributed by atoms with van der Waals surface area (Å²) in [6, 6.07) is 6.29. The topological polar surface area (TPSA) is 41.8 Å². The normalized spacial score (nSPS) is 11.5. The van der Waals surface area contributed by atoms with Gasteiger partial charge in [0.2, 0.25) is 0 Å². The van der Waals surface area contributed by atoms with Crippen LogP contribution in [0.4, 0.5) is 0 Å². The lowest BCUT2D eigenvalue weighted by Crippen LogP contribution is -2.01. The largest absolute Gasteiger partial charge is 0.357 e. The molecule has 0 aliphatic rings. The van der Waals surface area contributed by atoms with Crippen molar-refractivity contribution in [2.45, 2.75) is 26.3 Å². The zero-order chi connectivity index (χ0) is 11.0. The van der Waals surface area contributed by atoms with Crippen molar-refractivity contribution < 1.29 is 0 Å². The summed E-state index contributed by atoms with van der Waals surface area (Å²) in [6.45, 7) is 4.96. The van der Waals surface area contributed by atoms with Crippen LogP contribution in [0.1, 0.15) is 31.0 Å². The number of benzene rings is 1. The molecule has 0 aliphatic heterocycles. The fourth-order valence-corrected chi connectivity index (χ4v) is 2.42. The second-order valence-electron chi connectivity index (χ2n) is 4.07. The lowest BCUT2D eigenvalue weighted by atomic mass is 9.99. The first-order valence-corrected chi connectivity index (χ1v) is 5.93. The first-order valence-electron chi connectivity index (χ1n) is 5.13. The van der Waals surface area contributed by atoms with Crippen molar-refractivity contribution in [3.63, 3.8) is 0 Å². The molecule has 0 aliphatic carbocycles. The molecule has 1 heterocycles. The quantitative estimate of drug-likeness (QED) is 0.858. The van der Waals surface area contributed by atoms with Crippen LogP contribution in [0.15, 0.2) is 22.7 Å². The van der Waals surface area contributed by atoms with E-state index in [2.05, 4.69) is 46.9 Å². The molecule has 2 rings (SSSR count). The van der Waals surface area contributed by atoms with Crippen LogP contribution in [0.2, 0.25) is 0 Å². The van der Waals surface area contributed by atoms with Gasteiger partial charge in [-0.25, -0.2) is 0 Å². The lowest BCUT2D eigenvalue weighted by Gasteiger charge is -2.06. The van der Waals surface area contributed by atoms with Gasteiger partial charge in [0.15, 0.2) is 0 Å². The molecule has 80 valence electrons. The minimum Gasteiger partial charge on any atom is -0.357 e. The summed E-state index contributed by atoms with van der Waals surface area (Å²) >= 11 is 3.50. The Hall–Kier alpha value is -0.800. The van der Waals surface area contributed by atoms with Crippen LogP contribution in [0.25, 0.3) is 10.9 Å². The van der Waals surface area contributed by atoms with E-state index in [-0.39, 0.29) is 0 Å². The molecule has 1 aromatic heterocycles. The van der Waals surface area contributed by atoms with E-state index in [1.165, 1.54) is 16.5 Å². The molecule has 0 saturated heterocycles. The number of hydrogen-bond donors (Lipinski definition) is 2. The molecule has 0 spiro atoms. The van der Waals surface area contributed by atoms with Crippen LogP contribution in [0.3, 0.4) is 0 Å². The Kier molecular flexibility index (Phi) is 2.85. The third-order valence-electron chi connectivity index (χ3n) is 2.66. The Labute approximate surface area is 98.0 Å². The van der Waals surface area contributed by atoms with E-state index < -0.39 is 0 Å². The van der Waals surface area contributed by atoms with Crippen LogP contribution in [0, 0.1) is 0 Å². The molecule has 0 radical (unpaired) electrons. The smallest absolute Gasteiger partial charge is 0.0460 e. The predicted molar refractivity (Wildman–Crippen MR) is 68.0 cm³/mol. The third-order valence-corrected chi connectivity index (χ3v) is 3.16. The van der Waals surface area contributed by atoms with Crippen LogP contribution >= 0.6 is 15.9 Å². The van der Waals surface area contributed by atoms with Gasteiger partial charge in [-0.2, -0.15) is 0 Å². The standard InChI is InChI=1S/C12H15BrN2/c1-7(2)12-9-5-8(13)3-4-10(9)15-11(12)6-14/h3-5,7,15H,6,14H2,1-2H3. The molecule has 3 heteroatoms. The highest BCUT2D eigenvalue weighted by molar-refractivity contribution is 9.10. The van der Waals surface area contributed by atoms with Crippen LogP contribution < -0.4 is 5.73 Å². The average Bonchev–Trinajstić information content (AvgIpc) is 2.55. The van der Waals surface area contributed by atoms with Gasteiger partial charge >= 0.3 is 0 Å². The molecule has 0 amide bonds. The highest BCUT2D eigenvalue weighted by Crippen LogP contribution is 2.30. The molecule has 0 unspecified atom stereocenters. The van der Waals surface area contributed by atoms with Crippen molar-refractivity contribution in [3.8, 4) is 0 Å². The Morgan fingerprint density at radius 2 is 2.13 bits per heavy atom. The number of aromatic nitrogens is 1. The van der Waals surface area contributed by atoms with Crippen molar-refractivity contribution in [2.24, 2.45) is 5.73 Å². The summed E-state index contributed by atoms with van der Waals surface area (Å²) in [5.41, 5.74) is 9.41. The van der Waals surface area contributed by atoms with Crippen LogP contribution in [-0.4, -0.2) is 4.98 Å². The number of aromatic amines is 1. The fourth-order valence-electron chi connectivity index (χ4n) is 2.06. The van der Waals surface area contributed by atoms with Crippen molar-refractivity contribution in [3.05, 3.63) is 33.9 Å². The summed E-state index contributed by atoms with van der Waals surface area (Å²) in [5.74, 6) is 0.492. The van der Waals surface area contributed by atoms with Gasteiger partial charge in [0, 0.05) is 27.6 Å². The highest BCUT2D eigenvalue weighted by atomic mass is 79.9. The molecule has 2 nitrogen and oxygen atoms in total. The van der Waals surface area contributed by atoms with Gasteiger partial charge in [0.25, 0.3) is 0 Å². The average molecular weight is 267 g/mol. The minimum atomic E-state index is 0.492. The van der Waals surface area contributed by atoms with E-state index in [1.807, 2.05) is 6.07 Å². The number of H-pyrrole nitrogens is 1. The molecular formula is C12H15BrN2. The molecule has 0 bridgehead atoms. The summed E-state index contributed by atoms with van der Waals surface area (Å²) < 4.78 is 1.11. The minimum absolute atomic E-state index is 0.492. The molecular weight excluding hydrogens is 252 g/mol. The van der Waals surface area contributed by atoms with Crippen molar-refractivity contribution in [1.82, 2.24) is 4.98 Å². The van der Waals surface area contributed by atoms with E-state index in [4.69, 9.17) is 5.73 Å². The van der Waals surface area contributed by atoms with Gasteiger partial charge in [0.1, 0.15) is 0 Å². The number of halogens is 1. The molecule has 0 fully saturated rings. The van der Waals surface area contributed by atoms with Crippen molar-refractivity contribution in [1.29, 1.82) is 0 Å². The number of rotatable bonds is 2. The summed E-state index contributed by atoms with van der Waals surface area (Å²) in [7, 11) is 0. The molecule has 0 saturated carbocycles. The third kappa shape index (κ3) is 1.82. The zero-order valence-corrected chi connectivity index (χ0v) is 10.6. The summed E-state index contributed by atoms with van der Waals surface area (Å²) in [4.78, 5) is 3.38. The maximum atomic E-state index is 5.75. The second kappa shape index (κ2) is 3.99.